The van der Waals surface area contributed by atoms with Gasteiger partial charge in [0, 0.05) is 6.42 Å². The number of rotatable bonds is 5. The highest BCUT2D eigenvalue weighted by molar-refractivity contribution is 5.96. The molecule has 1 fully saturated rings. The van der Waals surface area contributed by atoms with Crippen LogP contribution in [0.15, 0.2) is 6.07 Å². The van der Waals surface area contributed by atoms with Gasteiger partial charge >= 0.3 is 0 Å². The van der Waals surface area contributed by atoms with Gasteiger partial charge in [0.1, 0.15) is 17.9 Å². The first kappa shape index (κ1) is 16.5. The summed E-state index contributed by atoms with van der Waals surface area (Å²) in [6, 6.07) is 0.904. The van der Waals surface area contributed by atoms with Crippen LogP contribution in [0.4, 0.5) is 4.39 Å². The first-order valence-electron chi connectivity index (χ1n) is 7.69. The number of primary amides is 1. The number of halogens is 1. The molecule has 1 saturated heterocycles. The lowest BCUT2D eigenvalue weighted by Gasteiger charge is -2.23. The van der Waals surface area contributed by atoms with Crippen molar-refractivity contribution in [2.24, 2.45) is 5.73 Å². The molecule has 0 radical (unpaired) electrons. The molecular weight excluding hydrogens is 287 g/mol. The Bertz CT molecular complexity index is 568. The van der Waals surface area contributed by atoms with Crippen molar-refractivity contribution in [1.29, 1.82) is 0 Å². The highest BCUT2D eigenvalue weighted by Gasteiger charge is 2.40. The van der Waals surface area contributed by atoms with Crippen LogP contribution < -0.4 is 5.73 Å². The quantitative estimate of drug-likeness (QED) is 0.896. The van der Waals surface area contributed by atoms with Gasteiger partial charge in [-0.2, -0.15) is 5.10 Å². The Balaban J connectivity index is 2.35. The summed E-state index contributed by atoms with van der Waals surface area (Å²) < 4.78 is 15.3. The average Bonchev–Trinajstić information content (AvgIpc) is 3.03. The molecule has 1 aliphatic rings. The van der Waals surface area contributed by atoms with Crippen LogP contribution >= 0.6 is 0 Å². The Morgan fingerprint density at radius 2 is 2.09 bits per heavy atom. The molecule has 6 nitrogen and oxygen atoms in total. The molecule has 122 valence electrons. The number of carbonyl (C=O) groups is 2. The maximum atomic E-state index is 13.6. The van der Waals surface area contributed by atoms with Gasteiger partial charge in [0.05, 0.1) is 18.3 Å². The molecule has 0 saturated carbocycles. The van der Waals surface area contributed by atoms with E-state index < -0.39 is 18.1 Å². The Morgan fingerprint density at radius 1 is 1.45 bits per heavy atom. The van der Waals surface area contributed by atoms with Gasteiger partial charge in [-0.25, -0.2) is 4.39 Å². The van der Waals surface area contributed by atoms with Gasteiger partial charge in [-0.1, -0.05) is 13.8 Å². The Kier molecular flexibility index (Phi) is 4.83. The lowest BCUT2D eigenvalue weighted by Crippen LogP contribution is -2.44. The molecule has 1 aromatic rings. The van der Waals surface area contributed by atoms with E-state index in [-0.39, 0.29) is 24.9 Å². The molecule has 0 spiro atoms. The van der Waals surface area contributed by atoms with Crippen molar-refractivity contribution in [3.05, 3.63) is 17.5 Å². The number of amides is 2. The molecule has 0 aromatic carbocycles. The molecule has 1 aromatic heterocycles. The first-order valence-corrected chi connectivity index (χ1v) is 7.69. The molecule has 1 aliphatic heterocycles. The fourth-order valence-electron chi connectivity index (χ4n) is 3.02. The van der Waals surface area contributed by atoms with Crippen molar-refractivity contribution in [3.63, 3.8) is 0 Å². The maximum absolute atomic E-state index is 13.6. The smallest absolute Gasteiger partial charge is 0.272 e. The summed E-state index contributed by atoms with van der Waals surface area (Å²) in [4.78, 5) is 25.5. The van der Waals surface area contributed by atoms with Crippen molar-refractivity contribution in [2.45, 2.75) is 58.3 Å². The van der Waals surface area contributed by atoms with E-state index in [9.17, 15) is 14.0 Å². The third-order valence-electron chi connectivity index (χ3n) is 4.20. The number of carbonyl (C=O) groups excluding carboxylic acids is 2. The molecule has 0 aliphatic carbocycles. The number of nitrogens with two attached hydrogens (primary N) is 1. The molecular formula is C15H23FN4O2. The van der Waals surface area contributed by atoms with Crippen molar-refractivity contribution >= 4 is 11.8 Å². The third-order valence-corrected chi connectivity index (χ3v) is 4.20. The van der Waals surface area contributed by atoms with E-state index in [2.05, 4.69) is 5.10 Å². The topological polar surface area (TPSA) is 81.2 Å². The number of aryl methyl sites for hydroxylation is 1. The molecule has 0 unspecified atom stereocenters. The van der Waals surface area contributed by atoms with E-state index in [4.69, 9.17) is 5.73 Å². The molecule has 2 rings (SSSR count). The summed E-state index contributed by atoms with van der Waals surface area (Å²) in [6.07, 6.45) is 0.428. The predicted octanol–water partition coefficient (Wildman–Crippen LogP) is 1.59. The lowest BCUT2D eigenvalue weighted by molar-refractivity contribution is -0.121. The summed E-state index contributed by atoms with van der Waals surface area (Å²) in [7, 11) is 0. The van der Waals surface area contributed by atoms with Crippen molar-refractivity contribution in [2.75, 3.05) is 6.54 Å². The van der Waals surface area contributed by atoms with Crippen LogP contribution in [0.25, 0.3) is 0 Å². The fraction of sp³-hybridized carbons (Fsp3) is 0.667. The molecule has 2 amide bonds. The highest BCUT2D eigenvalue weighted by Crippen LogP contribution is 2.25. The minimum absolute atomic E-state index is 0.0286. The van der Waals surface area contributed by atoms with Gasteiger partial charge < -0.3 is 10.6 Å². The maximum Gasteiger partial charge on any atom is 0.272 e. The van der Waals surface area contributed by atoms with Crippen LogP contribution in [0.3, 0.4) is 0 Å². The summed E-state index contributed by atoms with van der Waals surface area (Å²) in [5, 5.41) is 4.39. The number of hydrogen-bond acceptors (Lipinski definition) is 3. The summed E-state index contributed by atoms with van der Waals surface area (Å²) in [5.41, 5.74) is 6.42. The van der Waals surface area contributed by atoms with Crippen LogP contribution in [0.2, 0.25) is 0 Å². The number of likely N-dealkylation sites (tertiary alicyclic amines) is 1. The Morgan fingerprint density at radius 3 is 2.64 bits per heavy atom. The van der Waals surface area contributed by atoms with Crippen LogP contribution in [0.1, 0.15) is 55.3 Å². The average molecular weight is 310 g/mol. The van der Waals surface area contributed by atoms with Crippen molar-refractivity contribution in [1.82, 2.24) is 14.7 Å². The van der Waals surface area contributed by atoms with Crippen LogP contribution in [-0.2, 0) is 4.79 Å². The van der Waals surface area contributed by atoms with Crippen molar-refractivity contribution < 1.29 is 14.0 Å². The second kappa shape index (κ2) is 6.46. The largest absolute Gasteiger partial charge is 0.368 e. The van der Waals surface area contributed by atoms with Gasteiger partial charge in [-0.15, -0.1) is 0 Å². The van der Waals surface area contributed by atoms with Crippen LogP contribution in [0.5, 0.6) is 0 Å². The molecule has 7 heteroatoms. The van der Waals surface area contributed by atoms with Crippen molar-refractivity contribution in [3.8, 4) is 0 Å². The van der Waals surface area contributed by atoms with E-state index in [1.54, 1.807) is 10.7 Å². The van der Waals surface area contributed by atoms with Gasteiger partial charge in [-0.05, 0) is 25.8 Å². The Hall–Kier alpha value is -1.92. The number of alkyl halides is 1. The predicted molar refractivity (Wildman–Crippen MR) is 80.1 cm³/mol. The van der Waals surface area contributed by atoms with E-state index in [0.29, 0.717) is 5.69 Å². The minimum Gasteiger partial charge on any atom is -0.368 e. The zero-order chi connectivity index (χ0) is 16.4. The van der Waals surface area contributed by atoms with Crippen LogP contribution in [-0.4, -0.2) is 45.3 Å². The van der Waals surface area contributed by atoms with E-state index >= 15 is 0 Å². The third kappa shape index (κ3) is 2.98. The zero-order valence-electron chi connectivity index (χ0n) is 13.3. The molecule has 2 N–H and O–H groups in total. The van der Waals surface area contributed by atoms with Gasteiger partial charge in [0.15, 0.2) is 0 Å². The number of hydrogen-bond donors (Lipinski definition) is 1. The monoisotopic (exact) mass is 310 g/mol. The Labute approximate surface area is 129 Å². The zero-order valence-corrected chi connectivity index (χ0v) is 13.3. The second-order valence-electron chi connectivity index (χ2n) is 5.79. The molecule has 2 atom stereocenters. The SMILES string of the molecule is CCC(CC)n1nc(C)cc1C(=O)N1C[C@H](F)C[C@H]1C(N)=O. The minimum atomic E-state index is -1.22. The van der Waals surface area contributed by atoms with Gasteiger partial charge in [-0.3, -0.25) is 14.3 Å². The highest BCUT2D eigenvalue weighted by atomic mass is 19.1. The molecule has 2 heterocycles. The summed E-state index contributed by atoms with van der Waals surface area (Å²) >= 11 is 0. The lowest BCUT2D eigenvalue weighted by atomic mass is 10.1. The standard InChI is InChI=1S/C15H23FN4O2/c1-4-11(5-2)20-13(6-9(3)18-20)15(22)19-8-10(16)7-12(19)14(17)21/h6,10-12H,4-5,7-8H2,1-3H3,(H2,17,21)/t10-,12+/m1/s1. The van der Waals surface area contributed by atoms with E-state index in [1.807, 2.05) is 20.8 Å². The number of nitrogens with zero attached hydrogens (tertiary/aromatic N) is 3. The molecule has 0 bridgehead atoms. The summed E-state index contributed by atoms with van der Waals surface area (Å²) in [6.45, 7) is 5.76. The van der Waals surface area contributed by atoms with E-state index in [1.165, 1.54) is 4.90 Å². The summed E-state index contributed by atoms with van der Waals surface area (Å²) in [5.74, 6) is -1.05. The van der Waals surface area contributed by atoms with Crippen LogP contribution in [0, 0.1) is 6.92 Å². The molecule has 22 heavy (non-hydrogen) atoms. The van der Waals surface area contributed by atoms with Gasteiger partial charge in [0.25, 0.3) is 5.91 Å². The van der Waals surface area contributed by atoms with Gasteiger partial charge in [0.2, 0.25) is 5.91 Å². The fourth-order valence-corrected chi connectivity index (χ4v) is 3.02. The van der Waals surface area contributed by atoms with E-state index in [0.717, 1.165) is 18.5 Å². The second-order valence-corrected chi connectivity index (χ2v) is 5.79. The normalized spacial score (nSPS) is 21.6. The number of aromatic nitrogens is 2. The first-order chi connectivity index (χ1) is 10.4.